The first-order valence-electron chi connectivity index (χ1n) is 5.21. The normalized spacial score (nSPS) is 18.1. The van der Waals surface area contributed by atoms with Crippen LogP contribution in [0.2, 0.25) is 0 Å². The van der Waals surface area contributed by atoms with Gasteiger partial charge >= 0.3 is 0 Å². The molecule has 0 aromatic carbocycles. The lowest BCUT2D eigenvalue weighted by Crippen LogP contribution is -2.39. The fraction of sp³-hybridized carbons (Fsp3) is 1.00. The summed E-state index contributed by atoms with van der Waals surface area (Å²) in [5, 5.41) is -0.319. The van der Waals surface area contributed by atoms with Crippen LogP contribution in [0.4, 0.5) is 0 Å². The summed E-state index contributed by atoms with van der Waals surface area (Å²) in [5.74, 6) is 0. The molecule has 0 aromatic rings. The van der Waals surface area contributed by atoms with E-state index >= 15 is 0 Å². The first kappa shape index (κ1) is 11.9. The summed E-state index contributed by atoms with van der Waals surface area (Å²) in [5.41, 5.74) is 5.40. The Morgan fingerprint density at radius 2 is 2.00 bits per heavy atom. The molecule has 0 unspecified atom stereocenters. The molecule has 0 spiro atoms. The van der Waals surface area contributed by atoms with E-state index in [-0.39, 0.29) is 11.3 Å². The van der Waals surface area contributed by atoms with Gasteiger partial charge in [-0.1, -0.05) is 0 Å². The standard InChI is InChI=1S/C9H20N2O2S/c1-8(2)14(12,13)11(7-3-6-10)9-4-5-9/h8-9H,3-7,10H2,1-2H3. The Balaban J connectivity index is 2.66. The van der Waals surface area contributed by atoms with Crippen molar-refractivity contribution in [2.45, 2.75) is 44.4 Å². The van der Waals surface area contributed by atoms with Gasteiger partial charge in [0.05, 0.1) is 5.25 Å². The van der Waals surface area contributed by atoms with Crippen LogP contribution in [0.25, 0.3) is 0 Å². The molecule has 2 N–H and O–H groups in total. The Hall–Kier alpha value is -0.130. The van der Waals surface area contributed by atoms with Gasteiger partial charge in [-0.05, 0) is 39.7 Å². The van der Waals surface area contributed by atoms with Gasteiger partial charge in [0.2, 0.25) is 10.0 Å². The van der Waals surface area contributed by atoms with E-state index in [0.717, 1.165) is 19.3 Å². The van der Waals surface area contributed by atoms with E-state index in [9.17, 15) is 8.42 Å². The van der Waals surface area contributed by atoms with Crippen LogP contribution in [0.5, 0.6) is 0 Å². The van der Waals surface area contributed by atoms with Crippen LogP contribution in [0.15, 0.2) is 0 Å². The van der Waals surface area contributed by atoms with Gasteiger partial charge < -0.3 is 5.73 Å². The van der Waals surface area contributed by atoms with Gasteiger partial charge in [-0.2, -0.15) is 4.31 Å². The molecule has 1 aliphatic carbocycles. The third kappa shape index (κ3) is 2.68. The largest absolute Gasteiger partial charge is 0.330 e. The summed E-state index contributed by atoms with van der Waals surface area (Å²) in [6.07, 6.45) is 2.77. The zero-order chi connectivity index (χ0) is 10.8. The molecule has 0 aromatic heterocycles. The van der Waals surface area contributed by atoms with Crippen LogP contribution >= 0.6 is 0 Å². The summed E-state index contributed by atoms with van der Waals surface area (Å²) in [6.45, 7) is 4.60. The first-order valence-corrected chi connectivity index (χ1v) is 6.71. The van der Waals surface area contributed by atoms with E-state index in [2.05, 4.69) is 0 Å². The smallest absolute Gasteiger partial charge is 0.216 e. The first-order chi connectivity index (χ1) is 6.50. The summed E-state index contributed by atoms with van der Waals surface area (Å²) in [7, 11) is -3.07. The van der Waals surface area contributed by atoms with Crippen molar-refractivity contribution in [2.75, 3.05) is 13.1 Å². The molecule has 0 atom stereocenters. The number of sulfonamides is 1. The summed E-state index contributed by atoms with van der Waals surface area (Å²) < 4.78 is 25.4. The summed E-state index contributed by atoms with van der Waals surface area (Å²) >= 11 is 0. The second-order valence-electron chi connectivity index (χ2n) is 4.08. The highest BCUT2D eigenvalue weighted by Crippen LogP contribution is 2.30. The maximum Gasteiger partial charge on any atom is 0.216 e. The fourth-order valence-corrected chi connectivity index (χ4v) is 2.95. The van der Waals surface area contributed by atoms with Crippen molar-refractivity contribution in [2.24, 2.45) is 5.73 Å². The molecular weight excluding hydrogens is 200 g/mol. The molecule has 1 saturated carbocycles. The van der Waals surface area contributed by atoms with E-state index in [1.807, 2.05) is 0 Å². The number of hydrogen-bond acceptors (Lipinski definition) is 3. The Morgan fingerprint density at radius 3 is 2.36 bits per heavy atom. The predicted octanol–water partition coefficient (Wildman–Crippen LogP) is 0.538. The Bertz CT molecular complexity index is 271. The quantitative estimate of drug-likeness (QED) is 0.710. The Morgan fingerprint density at radius 1 is 1.43 bits per heavy atom. The van der Waals surface area contributed by atoms with Crippen LogP contribution in [0.1, 0.15) is 33.1 Å². The Kier molecular flexibility index (Phi) is 3.92. The van der Waals surface area contributed by atoms with Crippen LogP contribution in [-0.4, -0.2) is 37.1 Å². The molecule has 0 bridgehead atoms. The lowest BCUT2D eigenvalue weighted by molar-refractivity contribution is 0.395. The van der Waals surface area contributed by atoms with Crippen molar-refractivity contribution in [3.63, 3.8) is 0 Å². The zero-order valence-electron chi connectivity index (χ0n) is 8.94. The van der Waals surface area contributed by atoms with Crippen molar-refractivity contribution >= 4 is 10.0 Å². The number of nitrogens with zero attached hydrogens (tertiary/aromatic N) is 1. The number of rotatable bonds is 6. The monoisotopic (exact) mass is 220 g/mol. The molecule has 1 rings (SSSR count). The second kappa shape index (κ2) is 4.59. The molecule has 0 heterocycles. The molecule has 1 aliphatic rings. The highest BCUT2D eigenvalue weighted by molar-refractivity contribution is 7.89. The van der Waals surface area contributed by atoms with Gasteiger partial charge in [-0.3, -0.25) is 0 Å². The van der Waals surface area contributed by atoms with Gasteiger partial charge in [0.15, 0.2) is 0 Å². The van der Waals surface area contributed by atoms with Crippen molar-refractivity contribution in [3.8, 4) is 0 Å². The van der Waals surface area contributed by atoms with Crippen LogP contribution in [0, 0.1) is 0 Å². The predicted molar refractivity (Wildman–Crippen MR) is 57.5 cm³/mol. The maximum atomic E-state index is 11.9. The molecule has 5 heteroatoms. The fourth-order valence-electron chi connectivity index (χ4n) is 1.40. The van der Waals surface area contributed by atoms with Crippen molar-refractivity contribution in [1.82, 2.24) is 4.31 Å². The zero-order valence-corrected chi connectivity index (χ0v) is 9.76. The third-order valence-corrected chi connectivity index (χ3v) is 4.79. The van der Waals surface area contributed by atoms with E-state index in [0.29, 0.717) is 13.1 Å². The van der Waals surface area contributed by atoms with Crippen molar-refractivity contribution in [1.29, 1.82) is 0 Å². The molecule has 0 radical (unpaired) electrons. The van der Waals surface area contributed by atoms with Crippen molar-refractivity contribution < 1.29 is 8.42 Å². The molecule has 0 amide bonds. The molecule has 0 aliphatic heterocycles. The van der Waals surface area contributed by atoms with Crippen LogP contribution in [0.3, 0.4) is 0 Å². The van der Waals surface area contributed by atoms with Gasteiger partial charge in [0.25, 0.3) is 0 Å². The average molecular weight is 220 g/mol. The van der Waals surface area contributed by atoms with Gasteiger partial charge in [-0.15, -0.1) is 0 Å². The molecular formula is C9H20N2O2S. The van der Waals surface area contributed by atoms with Gasteiger partial charge in [0, 0.05) is 12.6 Å². The molecule has 84 valence electrons. The lowest BCUT2D eigenvalue weighted by Gasteiger charge is -2.23. The number of hydrogen-bond donors (Lipinski definition) is 1. The van der Waals surface area contributed by atoms with E-state index < -0.39 is 10.0 Å². The molecule has 14 heavy (non-hydrogen) atoms. The highest BCUT2D eigenvalue weighted by atomic mass is 32.2. The van der Waals surface area contributed by atoms with Crippen LogP contribution < -0.4 is 5.73 Å². The SMILES string of the molecule is CC(C)S(=O)(=O)N(CCCN)C1CC1. The van der Waals surface area contributed by atoms with E-state index in [1.54, 1.807) is 18.2 Å². The van der Waals surface area contributed by atoms with Gasteiger partial charge in [0.1, 0.15) is 0 Å². The van der Waals surface area contributed by atoms with Crippen LogP contribution in [-0.2, 0) is 10.0 Å². The molecule has 1 fully saturated rings. The minimum atomic E-state index is -3.07. The molecule has 0 saturated heterocycles. The summed E-state index contributed by atoms with van der Waals surface area (Å²) in [6, 6.07) is 0.258. The van der Waals surface area contributed by atoms with Gasteiger partial charge in [-0.25, -0.2) is 8.42 Å². The topological polar surface area (TPSA) is 63.4 Å². The minimum absolute atomic E-state index is 0.258. The van der Waals surface area contributed by atoms with E-state index in [4.69, 9.17) is 5.73 Å². The average Bonchev–Trinajstić information content (AvgIpc) is 2.88. The maximum absolute atomic E-state index is 11.9. The minimum Gasteiger partial charge on any atom is -0.330 e. The highest BCUT2D eigenvalue weighted by Gasteiger charge is 2.37. The molecule has 4 nitrogen and oxygen atoms in total. The summed E-state index contributed by atoms with van der Waals surface area (Å²) in [4.78, 5) is 0. The Labute approximate surface area is 86.5 Å². The second-order valence-corrected chi connectivity index (χ2v) is 6.52. The van der Waals surface area contributed by atoms with E-state index in [1.165, 1.54) is 0 Å². The lowest BCUT2D eigenvalue weighted by atomic mass is 10.4. The number of nitrogens with two attached hydrogens (primary N) is 1. The third-order valence-electron chi connectivity index (χ3n) is 2.46. The van der Waals surface area contributed by atoms with Crippen molar-refractivity contribution in [3.05, 3.63) is 0 Å².